The van der Waals surface area contributed by atoms with E-state index in [0.717, 1.165) is 67.7 Å². The van der Waals surface area contributed by atoms with E-state index >= 15 is 0 Å². The highest BCUT2D eigenvalue weighted by Crippen LogP contribution is 2.41. The van der Waals surface area contributed by atoms with Crippen LogP contribution in [-0.4, -0.2) is 47.5 Å². The van der Waals surface area contributed by atoms with Crippen molar-refractivity contribution in [1.29, 1.82) is 0 Å². The monoisotopic (exact) mass is 496 g/mol. The first-order valence-electron chi connectivity index (χ1n) is 13.3. The summed E-state index contributed by atoms with van der Waals surface area (Å²) in [7, 11) is 0. The molecule has 0 amide bonds. The smallest absolute Gasteiger partial charge is 0.119 e. The van der Waals surface area contributed by atoms with Crippen molar-refractivity contribution in [3.05, 3.63) is 89.1 Å². The first-order chi connectivity index (χ1) is 18.2. The minimum absolute atomic E-state index is 0.156. The number of H-pyrrole nitrogens is 1. The molecule has 1 fully saturated rings. The average molecular weight is 497 g/mol. The standard InChI is InChI=1S/C31H33FN4O/c32-14-2-15-36-16-13-27(20-36)37-26-9-5-21(6-10-26)31-28(23-7-12-30-24(17-23)19-34-35-30)4-1-3-22-18-25(33)8-11-29(22)31/h5-12,17-19,27H,1-4,13-16,20,33H2,(H,34,35)/t27-/m0/s1. The largest absolute Gasteiger partial charge is 0.489 e. The molecule has 2 heterocycles. The van der Waals surface area contributed by atoms with Gasteiger partial charge in [-0.3, -0.25) is 14.4 Å². The van der Waals surface area contributed by atoms with E-state index < -0.39 is 0 Å². The van der Waals surface area contributed by atoms with Crippen molar-refractivity contribution < 1.29 is 9.13 Å². The van der Waals surface area contributed by atoms with Gasteiger partial charge < -0.3 is 10.5 Å². The van der Waals surface area contributed by atoms with Gasteiger partial charge in [0.05, 0.1) is 18.4 Å². The lowest BCUT2D eigenvalue weighted by Gasteiger charge is -2.19. The fraction of sp³-hybridized carbons (Fsp3) is 0.323. The second kappa shape index (κ2) is 10.4. The van der Waals surface area contributed by atoms with E-state index in [4.69, 9.17) is 10.5 Å². The van der Waals surface area contributed by atoms with E-state index in [9.17, 15) is 4.39 Å². The number of anilines is 1. The first kappa shape index (κ1) is 23.7. The van der Waals surface area contributed by atoms with Crippen molar-refractivity contribution in [2.24, 2.45) is 0 Å². The molecule has 0 spiro atoms. The highest BCUT2D eigenvalue weighted by Gasteiger charge is 2.24. The summed E-state index contributed by atoms with van der Waals surface area (Å²) in [4.78, 5) is 2.29. The van der Waals surface area contributed by atoms with E-state index in [1.165, 1.54) is 33.4 Å². The molecule has 0 bridgehead atoms. The molecule has 2 aliphatic rings. The number of ether oxygens (including phenoxy) is 1. The minimum Gasteiger partial charge on any atom is -0.489 e. The number of aromatic nitrogens is 2. The molecule has 3 aromatic carbocycles. The number of nitrogens with zero attached hydrogens (tertiary/aromatic N) is 2. The van der Waals surface area contributed by atoms with Gasteiger partial charge in [-0.1, -0.05) is 24.3 Å². The lowest BCUT2D eigenvalue weighted by molar-refractivity contribution is 0.198. The normalized spacial score (nSPS) is 18.2. The van der Waals surface area contributed by atoms with Crippen molar-refractivity contribution in [3.8, 4) is 5.75 Å². The van der Waals surface area contributed by atoms with E-state index in [2.05, 4.69) is 69.7 Å². The molecule has 6 heteroatoms. The molecule has 0 saturated carbocycles. The third-order valence-electron chi connectivity index (χ3n) is 7.64. The van der Waals surface area contributed by atoms with Gasteiger partial charge in [0.2, 0.25) is 0 Å². The number of hydrogen-bond donors (Lipinski definition) is 2. The first-order valence-corrected chi connectivity index (χ1v) is 13.3. The summed E-state index contributed by atoms with van der Waals surface area (Å²) in [5.74, 6) is 0.884. The Kier molecular flexibility index (Phi) is 6.66. The lowest BCUT2D eigenvalue weighted by atomic mass is 9.87. The number of aryl methyl sites for hydroxylation is 1. The highest BCUT2D eigenvalue weighted by molar-refractivity contribution is 6.01. The second-order valence-electron chi connectivity index (χ2n) is 10.2. The van der Waals surface area contributed by atoms with Gasteiger partial charge in [0.25, 0.3) is 0 Å². The molecule has 3 N–H and O–H groups in total. The topological polar surface area (TPSA) is 67.2 Å². The van der Waals surface area contributed by atoms with Crippen LogP contribution in [-0.2, 0) is 6.42 Å². The molecule has 1 atom stereocenters. The van der Waals surface area contributed by atoms with Crippen LogP contribution in [0.15, 0.2) is 66.9 Å². The number of hydrogen-bond acceptors (Lipinski definition) is 4. The summed E-state index contributed by atoms with van der Waals surface area (Å²) in [6, 6.07) is 21.4. The molecule has 1 aromatic heterocycles. The van der Waals surface area contributed by atoms with Crippen LogP contribution in [0.5, 0.6) is 5.75 Å². The van der Waals surface area contributed by atoms with Crippen LogP contribution in [0.3, 0.4) is 0 Å². The summed E-state index contributed by atoms with van der Waals surface area (Å²) in [6.07, 6.45) is 6.68. The number of allylic oxidation sites excluding steroid dienone is 1. The number of nitrogens with two attached hydrogens (primary N) is 1. The van der Waals surface area contributed by atoms with Crippen LogP contribution in [0, 0.1) is 0 Å². The number of alkyl halides is 1. The fourth-order valence-corrected chi connectivity index (χ4v) is 5.83. The third kappa shape index (κ3) is 4.98. The van der Waals surface area contributed by atoms with Crippen molar-refractivity contribution in [2.75, 3.05) is 32.0 Å². The van der Waals surface area contributed by atoms with Gasteiger partial charge in [-0.25, -0.2) is 0 Å². The number of nitrogens with one attached hydrogen (secondary N) is 1. The van der Waals surface area contributed by atoms with E-state index in [1.807, 2.05) is 12.3 Å². The molecule has 1 saturated heterocycles. The van der Waals surface area contributed by atoms with Crippen LogP contribution in [0.2, 0.25) is 0 Å². The molecule has 5 nitrogen and oxygen atoms in total. The summed E-state index contributed by atoms with van der Waals surface area (Å²) in [5.41, 5.74) is 15.6. The van der Waals surface area contributed by atoms with Crippen LogP contribution in [0.25, 0.3) is 22.0 Å². The molecule has 4 aromatic rings. The van der Waals surface area contributed by atoms with Gasteiger partial charge in [0.15, 0.2) is 0 Å². The number of benzene rings is 3. The summed E-state index contributed by atoms with van der Waals surface area (Å²) in [6.45, 7) is 2.38. The predicted octanol–water partition coefficient (Wildman–Crippen LogP) is 6.25. The Balaban J connectivity index is 1.35. The Morgan fingerprint density at radius 1 is 1.03 bits per heavy atom. The average Bonchev–Trinajstić information content (AvgIpc) is 3.53. The van der Waals surface area contributed by atoms with Crippen LogP contribution in [0.4, 0.5) is 10.1 Å². The maximum absolute atomic E-state index is 12.5. The maximum atomic E-state index is 12.5. The van der Waals surface area contributed by atoms with Gasteiger partial charge >= 0.3 is 0 Å². The number of fused-ring (bicyclic) bond motifs is 2. The Hall–Kier alpha value is -3.64. The molecule has 0 unspecified atom stereocenters. The molecule has 190 valence electrons. The van der Waals surface area contributed by atoms with Crippen molar-refractivity contribution >= 4 is 27.7 Å². The maximum Gasteiger partial charge on any atom is 0.119 e. The molecular formula is C31H33FN4O. The Morgan fingerprint density at radius 2 is 1.89 bits per heavy atom. The quantitative estimate of drug-likeness (QED) is 0.297. The van der Waals surface area contributed by atoms with Gasteiger partial charge in [0, 0.05) is 30.7 Å². The Bertz CT molecular complexity index is 1420. The van der Waals surface area contributed by atoms with Gasteiger partial charge in [-0.15, -0.1) is 0 Å². The van der Waals surface area contributed by atoms with E-state index in [0.29, 0.717) is 6.42 Å². The Morgan fingerprint density at radius 3 is 2.76 bits per heavy atom. The number of nitrogen functional groups attached to an aromatic ring is 1. The predicted molar refractivity (Wildman–Crippen MR) is 148 cm³/mol. The summed E-state index contributed by atoms with van der Waals surface area (Å²) in [5, 5.41) is 8.39. The summed E-state index contributed by atoms with van der Waals surface area (Å²) >= 11 is 0. The second-order valence-corrected chi connectivity index (χ2v) is 10.2. The SMILES string of the molecule is Nc1ccc2c(c1)CCCC(c1ccc3[nH]ncc3c1)=C2c1ccc(O[C@H]2CCN(CCCF)C2)cc1. The van der Waals surface area contributed by atoms with Crippen molar-refractivity contribution in [2.45, 2.75) is 38.2 Å². The lowest BCUT2D eigenvalue weighted by Crippen LogP contribution is -2.26. The van der Waals surface area contributed by atoms with E-state index in [1.54, 1.807) is 0 Å². The van der Waals surface area contributed by atoms with Crippen molar-refractivity contribution in [1.82, 2.24) is 15.1 Å². The molecule has 0 radical (unpaired) electrons. The van der Waals surface area contributed by atoms with Gasteiger partial charge in [-0.2, -0.15) is 5.10 Å². The van der Waals surface area contributed by atoms with Gasteiger partial charge in [0.1, 0.15) is 11.9 Å². The van der Waals surface area contributed by atoms with Crippen LogP contribution < -0.4 is 10.5 Å². The van der Waals surface area contributed by atoms with E-state index in [-0.39, 0.29) is 12.8 Å². The van der Waals surface area contributed by atoms with Gasteiger partial charge in [-0.05, 0) is 102 Å². The third-order valence-corrected chi connectivity index (χ3v) is 7.64. The number of likely N-dealkylation sites (tertiary alicyclic amines) is 1. The number of halogens is 1. The van der Waals surface area contributed by atoms with Crippen LogP contribution >= 0.6 is 0 Å². The molecule has 37 heavy (non-hydrogen) atoms. The zero-order chi connectivity index (χ0) is 25.2. The number of aromatic amines is 1. The van der Waals surface area contributed by atoms with Crippen LogP contribution in [0.1, 0.15) is 47.9 Å². The minimum atomic E-state index is -0.257. The molecular weight excluding hydrogens is 463 g/mol. The summed E-state index contributed by atoms with van der Waals surface area (Å²) < 4.78 is 18.8. The molecule has 1 aliphatic heterocycles. The zero-order valence-corrected chi connectivity index (χ0v) is 21.1. The van der Waals surface area contributed by atoms with Crippen molar-refractivity contribution in [3.63, 3.8) is 0 Å². The molecule has 6 rings (SSSR count). The zero-order valence-electron chi connectivity index (χ0n) is 21.1. The Labute approximate surface area is 217 Å². The number of rotatable bonds is 7. The fourth-order valence-electron chi connectivity index (χ4n) is 5.83. The highest BCUT2D eigenvalue weighted by atomic mass is 19.1. The molecule has 1 aliphatic carbocycles.